The summed E-state index contributed by atoms with van der Waals surface area (Å²) in [5.41, 5.74) is 7.13. The van der Waals surface area contributed by atoms with Gasteiger partial charge in [-0.05, 0) is 110 Å². The van der Waals surface area contributed by atoms with Gasteiger partial charge in [0, 0.05) is 0 Å². The number of aliphatic imine (C=N–C) groups is 1. The van der Waals surface area contributed by atoms with Crippen LogP contribution in [-0.4, -0.2) is 16.2 Å². The van der Waals surface area contributed by atoms with Crippen molar-refractivity contribution in [2.75, 3.05) is 4.90 Å². The molecule has 0 radical (unpaired) electrons. The number of rotatable bonds is 3. The zero-order chi connectivity index (χ0) is 22.1. The van der Waals surface area contributed by atoms with E-state index in [-0.39, 0.29) is 11.7 Å². The Labute approximate surface area is 187 Å². The molecule has 1 heterocycles. The molecule has 1 aliphatic heterocycles. The number of phenolic OH excluding ortho intramolecular Hbond substituents is 1. The SMILES string of the molecule is Cc1ccc(N=C2S/C(=C\c3ccc(O)cc3)C(=O)N2c2ccc(C)c(C)c2)cc1C. The zero-order valence-corrected chi connectivity index (χ0v) is 18.8. The van der Waals surface area contributed by atoms with E-state index >= 15 is 0 Å². The van der Waals surface area contributed by atoms with Gasteiger partial charge in [0.05, 0.1) is 16.3 Å². The number of amidine groups is 1. The fourth-order valence-electron chi connectivity index (χ4n) is 3.27. The predicted octanol–water partition coefficient (Wildman–Crippen LogP) is 6.43. The lowest BCUT2D eigenvalue weighted by molar-refractivity contribution is -0.113. The second-order valence-corrected chi connectivity index (χ2v) is 8.78. The molecule has 156 valence electrons. The number of phenols is 1. The number of benzene rings is 3. The summed E-state index contributed by atoms with van der Waals surface area (Å²) in [6, 6.07) is 18.9. The van der Waals surface area contributed by atoms with E-state index in [9.17, 15) is 9.90 Å². The van der Waals surface area contributed by atoms with Gasteiger partial charge in [-0.25, -0.2) is 4.99 Å². The summed E-state index contributed by atoms with van der Waals surface area (Å²) >= 11 is 1.36. The minimum atomic E-state index is -0.107. The molecule has 0 unspecified atom stereocenters. The quantitative estimate of drug-likeness (QED) is 0.489. The smallest absolute Gasteiger partial charge is 0.271 e. The van der Waals surface area contributed by atoms with Crippen LogP contribution in [0.2, 0.25) is 0 Å². The topological polar surface area (TPSA) is 52.9 Å². The third kappa shape index (κ3) is 4.42. The van der Waals surface area contributed by atoms with Gasteiger partial charge in [0.2, 0.25) is 0 Å². The van der Waals surface area contributed by atoms with Gasteiger partial charge in [-0.15, -0.1) is 0 Å². The zero-order valence-electron chi connectivity index (χ0n) is 18.0. The predicted molar refractivity (Wildman–Crippen MR) is 130 cm³/mol. The molecule has 1 aliphatic rings. The number of hydrogen-bond acceptors (Lipinski definition) is 4. The van der Waals surface area contributed by atoms with Crippen molar-refractivity contribution in [3.8, 4) is 5.75 Å². The van der Waals surface area contributed by atoms with Gasteiger partial charge in [-0.3, -0.25) is 9.69 Å². The summed E-state index contributed by atoms with van der Waals surface area (Å²) in [5.74, 6) is 0.0882. The van der Waals surface area contributed by atoms with Gasteiger partial charge in [-0.2, -0.15) is 0 Å². The number of aryl methyl sites for hydroxylation is 4. The number of anilines is 1. The lowest BCUT2D eigenvalue weighted by Crippen LogP contribution is -2.28. The summed E-state index contributed by atoms with van der Waals surface area (Å²) in [7, 11) is 0. The van der Waals surface area contributed by atoms with E-state index in [1.807, 2.05) is 49.4 Å². The number of nitrogens with zero attached hydrogens (tertiary/aromatic N) is 2. The number of aromatic hydroxyl groups is 1. The van der Waals surface area contributed by atoms with E-state index in [0.717, 1.165) is 28.1 Å². The van der Waals surface area contributed by atoms with Gasteiger partial charge in [0.1, 0.15) is 5.75 Å². The first-order valence-electron chi connectivity index (χ1n) is 10.1. The van der Waals surface area contributed by atoms with Crippen LogP contribution in [0.3, 0.4) is 0 Å². The fraction of sp³-hybridized carbons (Fsp3) is 0.154. The van der Waals surface area contributed by atoms with Crippen molar-refractivity contribution < 1.29 is 9.90 Å². The molecular weight excluding hydrogens is 404 g/mol. The summed E-state index contributed by atoms with van der Waals surface area (Å²) in [5, 5.41) is 10.2. The lowest BCUT2D eigenvalue weighted by atomic mass is 10.1. The maximum atomic E-state index is 13.4. The summed E-state index contributed by atoms with van der Waals surface area (Å²) in [4.78, 5) is 20.5. The molecule has 1 amide bonds. The van der Waals surface area contributed by atoms with Crippen LogP contribution in [0.5, 0.6) is 5.75 Å². The number of carbonyl (C=O) groups excluding carboxylic acids is 1. The minimum absolute atomic E-state index is 0.107. The van der Waals surface area contributed by atoms with E-state index in [4.69, 9.17) is 4.99 Å². The molecular formula is C26H24N2O2S. The van der Waals surface area contributed by atoms with Gasteiger partial charge < -0.3 is 5.11 Å². The Balaban J connectivity index is 1.80. The molecule has 0 saturated carbocycles. The van der Waals surface area contributed by atoms with Crippen LogP contribution in [0, 0.1) is 27.7 Å². The standard InChI is InChI=1S/C26H24N2O2S/c1-16-5-9-21(13-18(16)3)27-26-28(22-10-6-17(2)19(4)14-22)25(30)24(31-26)15-20-7-11-23(29)12-8-20/h5-15,29H,1-4H3/b24-15-,27-26?. The largest absolute Gasteiger partial charge is 0.508 e. The van der Waals surface area contributed by atoms with Crippen molar-refractivity contribution in [1.82, 2.24) is 0 Å². The average Bonchev–Trinajstić information content (AvgIpc) is 3.03. The van der Waals surface area contributed by atoms with Gasteiger partial charge in [0.25, 0.3) is 5.91 Å². The van der Waals surface area contributed by atoms with Gasteiger partial charge in [-0.1, -0.05) is 24.3 Å². The number of hydrogen-bond donors (Lipinski definition) is 1. The first-order chi connectivity index (χ1) is 14.8. The number of carbonyl (C=O) groups is 1. The van der Waals surface area contributed by atoms with E-state index < -0.39 is 0 Å². The second kappa shape index (κ2) is 8.44. The molecule has 4 rings (SSSR count). The first-order valence-corrected chi connectivity index (χ1v) is 10.9. The molecule has 0 aliphatic carbocycles. The van der Waals surface area contributed by atoms with Crippen molar-refractivity contribution in [3.63, 3.8) is 0 Å². The van der Waals surface area contributed by atoms with E-state index in [1.165, 1.54) is 22.9 Å². The first kappa shape index (κ1) is 20.9. The molecule has 3 aromatic carbocycles. The molecule has 4 nitrogen and oxygen atoms in total. The van der Waals surface area contributed by atoms with E-state index in [0.29, 0.717) is 10.1 Å². The molecule has 1 fully saturated rings. The minimum Gasteiger partial charge on any atom is -0.508 e. The molecule has 0 atom stereocenters. The third-order valence-electron chi connectivity index (χ3n) is 5.46. The highest BCUT2D eigenvalue weighted by atomic mass is 32.2. The normalized spacial score (nSPS) is 16.5. The molecule has 0 bridgehead atoms. The van der Waals surface area contributed by atoms with Crippen LogP contribution in [-0.2, 0) is 4.79 Å². The highest BCUT2D eigenvalue weighted by Crippen LogP contribution is 2.38. The van der Waals surface area contributed by atoms with Crippen molar-refractivity contribution in [1.29, 1.82) is 0 Å². The maximum absolute atomic E-state index is 13.4. The highest BCUT2D eigenvalue weighted by Gasteiger charge is 2.35. The van der Waals surface area contributed by atoms with Crippen LogP contribution in [0.15, 0.2) is 70.6 Å². The summed E-state index contributed by atoms with van der Waals surface area (Å²) < 4.78 is 0. The molecule has 1 N–H and O–H groups in total. The Kier molecular flexibility index (Phi) is 5.70. The Bertz CT molecular complexity index is 1230. The Morgan fingerprint density at radius 1 is 0.839 bits per heavy atom. The fourth-order valence-corrected chi connectivity index (χ4v) is 4.27. The molecule has 31 heavy (non-hydrogen) atoms. The van der Waals surface area contributed by atoms with E-state index in [2.05, 4.69) is 20.8 Å². The molecule has 1 saturated heterocycles. The lowest BCUT2D eigenvalue weighted by Gasteiger charge is -2.17. The Morgan fingerprint density at radius 2 is 1.48 bits per heavy atom. The maximum Gasteiger partial charge on any atom is 0.271 e. The second-order valence-electron chi connectivity index (χ2n) is 7.77. The molecule has 5 heteroatoms. The summed E-state index contributed by atoms with van der Waals surface area (Å²) in [6.45, 7) is 8.23. The van der Waals surface area contributed by atoms with Crippen LogP contribution in [0.1, 0.15) is 27.8 Å². The average molecular weight is 429 g/mol. The highest BCUT2D eigenvalue weighted by molar-refractivity contribution is 8.19. The van der Waals surface area contributed by atoms with Crippen molar-refractivity contribution in [3.05, 3.63) is 93.4 Å². The van der Waals surface area contributed by atoms with Crippen LogP contribution in [0.4, 0.5) is 11.4 Å². The Hall–Kier alpha value is -3.31. The third-order valence-corrected chi connectivity index (χ3v) is 6.43. The van der Waals surface area contributed by atoms with Crippen molar-refractivity contribution in [2.24, 2.45) is 4.99 Å². The Morgan fingerprint density at radius 3 is 2.13 bits per heavy atom. The summed E-state index contributed by atoms with van der Waals surface area (Å²) in [6.07, 6.45) is 1.84. The van der Waals surface area contributed by atoms with Crippen molar-refractivity contribution >= 4 is 40.3 Å². The molecule has 0 spiro atoms. The number of thioether (sulfide) groups is 1. The van der Waals surface area contributed by atoms with Crippen molar-refractivity contribution in [2.45, 2.75) is 27.7 Å². The number of amides is 1. The van der Waals surface area contributed by atoms with Gasteiger partial charge >= 0.3 is 0 Å². The molecule has 3 aromatic rings. The van der Waals surface area contributed by atoms with E-state index in [1.54, 1.807) is 29.2 Å². The van der Waals surface area contributed by atoms with Crippen LogP contribution in [0.25, 0.3) is 6.08 Å². The van der Waals surface area contributed by atoms with Gasteiger partial charge in [0.15, 0.2) is 5.17 Å². The molecule has 0 aromatic heterocycles. The van der Waals surface area contributed by atoms with Crippen LogP contribution >= 0.6 is 11.8 Å². The van der Waals surface area contributed by atoms with Crippen LogP contribution < -0.4 is 4.90 Å². The monoisotopic (exact) mass is 428 g/mol.